The smallest absolute Gasteiger partial charge is 0.320 e. The third-order valence-corrected chi connectivity index (χ3v) is 3.82. The van der Waals surface area contributed by atoms with Crippen molar-refractivity contribution in [2.45, 2.75) is 19.0 Å². The van der Waals surface area contributed by atoms with E-state index in [1.165, 1.54) is 0 Å². The van der Waals surface area contributed by atoms with Gasteiger partial charge in [-0.2, -0.15) is 0 Å². The number of benzene rings is 1. The fourth-order valence-electron chi connectivity index (χ4n) is 2.42. The lowest BCUT2D eigenvalue weighted by atomic mass is 10.1. The van der Waals surface area contributed by atoms with Crippen LogP contribution in [0.5, 0.6) is 0 Å². The van der Waals surface area contributed by atoms with Gasteiger partial charge in [0.05, 0.1) is 16.6 Å². The molecule has 1 heterocycles. The van der Waals surface area contributed by atoms with Crippen molar-refractivity contribution in [3.8, 4) is 0 Å². The van der Waals surface area contributed by atoms with Crippen molar-refractivity contribution >= 4 is 29.2 Å². The van der Waals surface area contributed by atoms with Crippen molar-refractivity contribution in [1.82, 2.24) is 4.90 Å². The van der Waals surface area contributed by atoms with E-state index in [4.69, 9.17) is 22.4 Å². The number of nitrogens with two attached hydrogens (primary N) is 1. The Bertz CT molecular complexity index is 549. The third kappa shape index (κ3) is 3.02. The maximum Gasteiger partial charge on any atom is 0.320 e. The summed E-state index contributed by atoms with van der Waals surface area (Å²) in [5.41, 5.74) is 6.88. The van der Waals surface area contributed by atoms with E-state index in [0.717, 1.165) is 5.56 Å². The van der Waals surface area contributed by atoms with Crippen LogP contribution in [0, 0.1) is 5.92 Å². The number of carboxylic acids is 2. The van der Waals surface area contributed by atoms with Gasteiger partial charge in [-0.05, 0) is 24.1 Å². The van der Waals surface area contributed by atoms with Gasteiger partial charge in [0.15, 0.2) is 0 Å². The number of anilines is 1. The summed E-state index contributed by atoms with van der Waals surface area (Å²) in [5.74, 6) is -2.62. The van der Waals surface area contributed by atoms with Gasteiger partial charge in [0, 0.05) is 13.1 Å². The summed E-state index contributed by atoms with van der Waals surface area (Å²) >= 11 is 5.92. The summed E-state index contributed by atoms with van der Waals surface area (Å²) in [7, 11) is 0. The number of nitrogens with zero attached hydrogens (tertiary/aromatic N) is 1. The molecule has 2 atom stereocenters. The number of halogens is 1. The highest BCUT2D eigenvalue weighted by Crippen LogP contribution is 2.27. The van der Waals surface area contributed by atoms with Crippen molar-refractivity contribution in [3.05, 3.63) is 28.8 Å². The second kappa shape index (κ2) is 5.68. The predicted molar refractivity (Wildman–Crippen MR) is 73.4 cm³/mol. The molecule has 0 bridgehead atoms. The molecular weight excluding hydrogens is 284 g/mol. The number of aliphatic carboxylic acids is 2. The minimum Gasteiger partial charge on any atom is -0.481 e. The van der Waals surface area contributed by atoms with Crippen molar-refractivity contribution in [2.24, 2.45) is 5.92 Å². The highest BCUT2D eigenvalue weighted by atomic mass is 35.5. The molecule has 7 heteroatoms. The van der Waals surface area contributed by atoms with E-state index in [2.05, 4.69) is 0 Å². The zero-order chi connectivity index (χ0) is 14.9. The first-order chi connectivity index (χ1) is 9.38. The second-order valence-electron chi connectivity index (χ2n) is 4.91. The van der Waals surface area contributed by atoms with E-state index in [9.17, 15) is 14.7 Å². The van der Waals surface area contributed by atoms with Gasteiger partial charge in [0.1, 0.15) is 6.04 Å². The molecule has 1 aromatic rings. The first-order valence-electron chi connectivity index (χ1n) is 6.12. The van der Waals surface area contributed by atoms with E-state index in [-0.39, 0.29) is 13.0 Å². The normalized spacial score (nSPS) is 22.9. The van der Waals surface area contributed by atoms with Gasteiger partial charge in [0.25, 0.3) is 0 Å². The average Bonchev–Trinajstić information content (AvgIpc) is 2.78. The fourth-order valence-corrected chi connectivity index (χ4v) is 2.62. The van der Waals surface area contributed by atoms with Gasteiger partial charge in [-0.25, -0.2) is 0 Å². The molecule has 2 unspecified atom stereocenters. The van der Waals surface area contributed by atoms with Gasteiger partial charge in [-0.1, -0.05) is 17.7 Å². The molecule has 1 aromatic carbocycles. The summed E-state index contributed by atoms with van der Waals surface area (Å²) < 4.78 is 0. The van der Waals surface area contributed by atoms with Crippen LogP contribution < -0.4 is 5.73 Å². The second-order valence-corrected chi connectivity index (χ2v) is 5.32. The zero-order valence-electron chi connectivity index (χ0n) is 10.6. The molecule has 1 aliphatic heterocycles. The number of hydrogen-bond donors (Lipinski definition) is 3. The van der Waals surface area contributed by atoms with Crippen LogP contribution in [0.2, 0.25) is 5.02 Å². The van der Waals surface area contributed by atoms with E-state index in [1.54, 1.807) is 23.1 Å². The van der Waals surface area contributed by atoms with Crippen molar-refractivity contribution in [3.63, 3.8) is 0 Å². The Morgan fingerprint density at radius 3 is 2.60 bits per heavy atom. The fraction of sp³-hybridized carbons (Fsp3) is 0.385. The molecule has 0 amide bonds. The van der Waals surface area contributed by atoms with Crippen LogP contribution in [0.25, 0.3) is 0 Å². The molecular formula is C13H15ClN2O4. The first kappa shape index (κ1) is 14.6. The van der Waals surface area contributed by atoms with Gasteiger partial charge in [-0.3, -0.25) is 14.5 Å². The summed E-state index contributed by atoms with van der Waals surface area (Å²) in [6.45, 7) is 0.551. The lowest BCUT2D eigenvalue weighted by Crippen LogP contribution is -2.35. The molecule has 2 rings (SSSR count). The standard InChI is InChI=1S/C13H15ClN2O4/c14-9-3-7(1-2-10(9)15)5-16-6-8(12(17)18)4-11(16)13(19)20/h1-3,8,11H,4-6,15H2,(H,17,18)(H,19,20). The van der Waals surface area contributed by atoms with Crippen molar-refractivity contribution in [1.29, 1.82) is 0 Å². The van der Waals surface area contributed by atoms with Crippen LogP contribution in [-0.2, 0) is 16.1 Å². The predicted octanol–water partition coefficient (Wildman–Crippen LogP) is 1.28. The van der Waals surface area contributed by atoms with Crippen LogP contribution in [0.4, 0.5) is 5.69 Å². The van der Waals surface area contributed by atoms with E-state index in [1.807, 2.05) is 0 Å². The van der Waals surface area contributed by atoms with Gasteiger partial charge < -0.3 is 15.9 Å². The van der Waals surface area contributed by atoms with Gasteiger partial charge >= 0.3 is 11.9 Å². The lowest BCUT2D eigenvalue weighted by Gasteiger charge is -2.21. The molecule has 20 heavy (non-hydrogen) atoms. The molecule has 1 saturated heterocycles. The number of likely N-dealkylation sites (tertiary alicyclic amines) is 1. The maximum atomic E-state index is 11.2. The molecule has 0 aromatic heterocycles. The van der Waals surface area contributed by atoms with Crippen LogP contribution in [0.15, 0.2) is 18.2 Å². The third-order valence-electron chi connectivity index (χ3n) is 3.49. The van der Waals surface area contributed by atoms with Crippen LogP contribution in [-0.4, -0.2) is 39.6 Å². The summed E-state index contributed by atoms with van der Waals surface area (Å²) in [4.78, 5) is 23.9. The number of nitrogen functional groups attached to an aromatic ring is 1. The SMILES string of the molecule is Nc1ccc(CN2CC(C(=O)O)CC2C(=O)O)cc1Cl. The molecule has 0 aliphatic carbocycles. The molecule has 0 saturated carbocycles. The van der Waals surface area contributed by atoms with Crippen molar-refractivity contribution < 1.29 is 19.8 Å². The number of hydrogen-bond acceptors (Lipinski definition) is 4. The number of carbonyl (C=O) groups is 2. The topological polar surface area (TPSA) is 104 Å². The maximum absolute atomic E-state index is 11.2. The Labute approximate surface area is 120 Å². The molecule has 1 aliphatic rings. The summed E-state index contributed by atoms with van der Waals surface area (Å²) in [5, 5.41) is 18.6. The average molecular weight is 299 g/mol. The van der Waals surface area contributed by atoms with Crippen LogP contribution >= 0.6 is 11.6 Å². The minimum atomic E-state index is -1.00. The Morgan fingerprint density at radius 2 is 2.05 bits per heavy atom. The largest absolute Gasteiger partial charge is 0.481 e. The van der Waals surface area contributed by atoms with E-state index >= 15 is 0 Å². The van der Waals surface area contributed by atoms with Crippen LogP contribution in [0.1, 0.15) is 12.0 Å². The Morgan fingerprint density at radius 1 is 1.35 bits per heavy atom. The molecule has 0 spiro atoms. The van der Waals surface area contributed by atoms with Crippen molar-refractivity contribution in [2.75, 3.05) is 12.3 Å². The zero-order valence-corrected chi connectivity index (χ0v) is 11.4. The summed E-state index contributed by atoms with van der Waals surface area (Å²) in [6, 6.07) is 4.29. The monoisotopic (exact) mass is 298 g/mol. The van der Waals surface area contributed by atoms with Crippen LogP contribution in [0.3, 0.4) is 0 Å². The Hall–Kier alpha value is -1.79. The number of carboxylic acid groups (broad SMARTS) is 2. The van der Waals surface area contributed by atoms with Gasteiger partial charge in [0.2, 0.25) is 0 Å². The van der Waals surface area contributed by atoms with Gasteiger partial charge in [-0.15, -0.1) is 0 Å². The molecule has 4 N–H and O–H groups in total. The Balaban J connectivity index is 2.15. The van der Waals surface area contributed by atoms with E-state index < -0.39 is 23.9 Å². The lowest BCUT2D eigenvalue weighted by molar-refractivity contribution is -0.142. The molecule has 6 nitrogen and oxygen atoms in total. The first-order valence-corrected chi connectivity index (χ1v) is 6.50. The molecule has 0 radical (unpaired) electrons. The highest BCUT2D eigenvalue weighted by molar-refractivity contribution is 6.33. The Kier molecular flexibility index (Phi) is 4.15. The quantitative estimate of drug-likeness (QED) is 0.723. The van der Waals surface area contributed by atoms with E-state index in [0.29, 0.717) is 17.3 Å². The molecule has 108 valence electrons. The minimum absolute atomic E-state index is 0.118. The summed E-state index contributed by atoms with van der Waals surface area (Å²) in [6.07, 6.45) is 0.118. The number of rotatable bonds is 4. The molecule has 1 fully saturated rings. The highest BCUT2D eigenvalue weighted by Gasteiger charge is 2.39.